The van der Waals surface area contributed by atoms with E-state index >= 15 is 0 Å². The third-order valence-electron chi connectivity index (χ3n) is 6.03. The Kier molecular flexibility index (Phi) is 12.2. The zero-order valence-corrected chi connectivity index (χ0v) is 19.4. The van der Waals surface area contributed by atoms with Crippen molar-refractivity contribution in [3.63, 3.8) is 0 Å². The van der Waals surface area contributed by atoms with Gasteiger partial charge in [0.25, 0.3) is 0 Å². The van der Waals surface area contributed by atoms with Crippen LogP contribution in [0.2, 0.25) is 0 Å². The van der Waals surface area contributed by atoms with E-state index in [1.54, 1.807) is 0 Å². The molecule has 0 aliphatic heterocycles. The number of unbranched alkanes of at least 4 members (excludes halogenated alkanes) is 2. The third-order valence-corrected chi connectivity index (χ3v) is 6.03. The van der Waals surface area contributed by atoms with Crippen molar-refractivity contribution < 1.29 is 9.53 Å². The Balaban J connectivity index is 3.25. The molecule has 0 heterocycles. The van der Waals surface area contributed by atoms with E-state index in [-0.39, 0.29) is 5.97 Å². The van der Waals surface area contributed by atoms with Crippen molar-refractivity contribution in [1.29, 1.82) is 0 Å². The van der Waals surface area contributed by atoms with Gasteiger partial charge in [-0.2, -0.15) is 0 Å². The van der Waals surface area contributed by atoms with Crippen LogP contribution in [0.3, 0.4) is 0 Å². The number of hydrogen-bond acceptors (Lipinski definition) is 2. The highest BCUT2D eigenvalue weighted by Crippen LogP contribution is 2.28. The minimum atomic E-state index is -0.122. The SMILES string of the molecule is CCCCC(CC)Cc1cc(C)cc(CC(CC)CCCC)c1C(=O)OCC. The average Bonchev–Trinajstić information content (AvgIpc) is 2.67. The summed E-state index contributed by atoms with van der Waals surface area (Å²) in [5.74, 6) is 1.16. The molecule has 2 unspecified atom stereocenters. The molecule has 0 N–H and O–H groups in total. The molecule has 2 nitrogen and oxygen atoms in total. The third kappa shape index (κ3) is 7.97. The molecule has 0 aliphatic rings. The smallest absolute Gasteiger partial charge is 0.338 e. The van der Waals surface area contributed by atoms with E-state index in [1.165, 1.54) is 68.1 Å². The van der Waals surface area contributed by atoms with E-state index in [1.807, 2.05) is 6.92 Å². The molecule has 28 heavy (non-hydrogen) atoms. The second-order valence-corrected chi connectivity index (χ2v) is 8.42. The Bertz CT molecular complexity index is 537. The van der Waals surface area contributed by atoms with Crippen LogP contribution in [0.4, 0.5) is 0 Å². The van der Waals surface area contributed by atoms with Crippen molar-refractivity contribution in [2.45, 2.75) is 106 Å². The lowest BCUT2D eigenvalue weighted by Crippen LogP contribution is -2.17. The molecular formula is C26H44O2. The molecule has 0 bridgehead atoms. The molecule has 2 atom stereocenters. The van der Waals surface area contributed by atoms with Crippen molar-refractivity contribution in [1.82, 2.24) is 0 Å². The first-order valence-corrected chi connectivity index (χ1v) is 11.8. The highest BCUT2D eigenvalue weighted by Gasteiger charge is 2.22. The largest absolute Gasteiger partial charge is 0.462 e. The Morgan fingerprint density at radius 2 is 1.32 bits per heavy atom. The standard InChI is InChI=1S/C26H44O2/c1-7-12-14-21(9-3)18-23-16-20(6)17-24(25(23)26(27)28-11-5)19-22(10-4)15-13-8-2/h16-17,21-22H,7-15,18-19H2,1-6H3. The molecule has 0 aromatic heterocycles. The van der Waals surface area contributed by atoms with E-state index < -0.39 is 0 Å². The number of carbonyl (C=O) groups excluding carboxylic acids is 1. The summed E-state index contributed by atoms with van der Waals surface area (Å²) in [4.78, 5) is 12.9. The molecular weight excluding hydrogens is 344 g/mol. The van der Waals surface area contributed by atoms with Gasteiger partial charge in [0.05, 0.1) is 12.2 Å². The fourth-order valence-corrected chi connectivity index (χ4v) is 4.24. The maximum atomic E-state index is 12.9. The van der Waals surface area contributed by atoms with Gasteiger partial charge in [-0.15, -0.1) is 0 Å². The molecule has 160 valence electrons. The summed E-state index contributed by atoms with van der Waals surface area (Å²) in [5, 5.41) is 0. The van der Waals surface area contributed by atoms with Crippen LogP contribution in [0.5, 0.6) is 0 Å². The van der Waals surface area contributed by atoms with Crippen LogP contribution < -0.4 is 0 Å². The van der Waals surface area contributed by atoms with Crippen LogP contribution >= 0.6 is 0 Å². The topological polar surface area (TPSA) is 26.3 Å². The van der Waals surface area contributed by atoms with Gasteiger partial charge in [0.15, 0.2) is 0 Å². The molecule has 0 radical (unpaired) electrons. The van der Waals surface area contributed by atoms with Crippen molar-refractivity contribution >= 4 is 5.97 Å². The lowest BCUT2D eigenvalue weighted by molar-refractivity contribution is 0.0523. The monoisotopic (exact) mass is 388 g/mol. The van der Waals surface area contributed by atoms with Gasteiger partial charge in [-0.05, 0) is 49.7 Å². The molecule has 2 heteroatoms. The fraction of sp³-hybridized carbons (Fsp3) is 0.731. The van der Waals surface area contributed by atoms with Gasteiger partial charge < -0.3 is 4.74 Å². The van der Waals surface area contributed by atoms with Crippen LogP contribution in [-0.4, -0.2) is 12.6 Å². The first-order valence-electron chi connectivity index (χ1n) is 11.8. The lowest BCUT2D eigenvalue weighted by atomic mass is 9.84. The number of benzene rings is 1. The Hall–Kier alpha value is -1.31. The Labute approximate surface area is 174 Å². The molecule has 0 aliphatic carbocycles. The Morgan fingerprint density at radius 1 is 0.857 bits per heavy atom. The van der Waals surface area contributed by atoms with Crippen molar-refractivity contribution in [3.8, 4) is 0 Å². The average molecular weight is 389 g/mol. The molecule has 0 fully saturated rings. The maximum absolute atomic E-state index is 12.9. The van der Waals surface area contributed by atoms with Gasteiger partial charge in [0, 0.05) is 0 Å². The zero-order chi connectivity index (χ0) is 20.9. The first kappa shape index (κ1) is 24.7. The van der Waals surface area contributed by atoms with E-state index in [9.17, 15) is 4.79 Å². The van der Waals surface area contributed by atoms with Crippen LogP contribution in [-0.2, 0) is 17.6 Å². The zero-order valence-electron chi connectivity index (χ0n) is 19.4. The maximum Gasteiger partial charge on any atom is 0.338 e. The number of ether oxygens (including phenoxy) is 1. The summed E-state index contributed by atoms with van der Waals surface area (Å²) in [6.07, 6.45) is 11.8. The predicted octanol–water partition coefficient (Wildman–Crippen LogP) is 7.69. The molecule has 1 aromatic carbocycles. The van der Waals surface area contributed by atoms with Gasteiger partial charge in [0.2, 0.25) is 0 Å². The second-order valence-electron chi connectivity index (χ2n) is 8.42. The van der Waals surface area contributed by atoms with Crippen molar-refractivity contribution in [2.24, 2.45) is 11.8 Å². The number of aryl methyl sites for hydroxylation is 1. The summed E-state index contributed by atoms with van der Waals surface area (Å²) >= 11 is 0. The van der Waals surface area contributed by atoms with Gasteiger partial charge in [-0.1, -0.05) is 96.8 Å². The highest BCUT2D eigenvalue weighted by molar-refractivity contribution is 5.93. The normalized spacial score (nSPS) is 13.4. The van der Waals surface area contributed by atoms with Gasteiger partial charge in [-0.25, -0.2) is 4.79 Å². The number of rotatable bonds is 14. The first-order chi connectivity index (χ1) is 13.5. The van der Waals surface area contributed by atoms with Gasteiger partial charge in [-0.3, -0.25) is 0 Å². The predicted molar refractivity (Wildman–Crippen MR) is 121 cm³/mol. The van der Waals surface area contributed by atoms with Crippen molar-refractivity contribution in [2.75, 3.05) is 6.61 Å². The number of esters is 1. The number of carbonyl (C=O) groups is 1. The van der Waals surface area contributed by atoms with Crippen LogP contribution in [0, 0.1) is 18.8 Å². The van der Waals surface area contributed by atoms with Crippen LogP contribution in [0.25, 0.3) is 0 Å². The summed E-state index contributed by atoms with van der Waals surface area (Å²) in [6, 6.07) is 4.47. The summed E-state index contributed by atoms with van der Waals surface area (Å²) in [7, 11) is 0. The van der Waals surface area contributed by atoms with E-state index in [2.05, 4.69) is 46.8 Å². The summed E-state index contributed by atoms with van der Waals surface area (Å²) < 4.78 is 5.50. The molecule has 0 saturated heterocycles. The van der Waals surface area contributed by atoms with Gasteiger partial charge in [0.1, 0.15) is 0 Å². The molecule has 0 amide bonds. The minimum absolute atomic E-state index is 0.122. The number of hydrogen-bond donors (Lipinski definition) is 0. The van der Waals surface area contributed by atoms with E-state index in [0.717, 1.165) is 18.4 Å². The van der Waals surface area contributed by atoms with E-state index in [0.29, 0.717) is 18.4 Å². The molecule has 0 spiro atoms. The summed E-state index contributed by atoms with van der Waals surface area (Å²) in [5.41, 5.74) is 4.56. The van der Waals surface area contributed by atoms with E-state index in [4.69, 9.17) is 4.74 Å². The second kappa shape index (κ2) is 13.8. The van der Waals surface area contributed by atoms with Gasteiger partial charge >= 0.3 is 5.97 Å². The molecule has 1 rings (SSSR count). The Morgan fingerprint density at radius 3 is 1.68 bits per heavy atom. The highest BCUT2D eigenvalue weighted by atomic mass is 16.5. The van der Waals surface area contributed by atoms with Crippen LogP contribution in [0.1, 0.15) is 113 Å². The summed E-state index contributed by atoms with van der Waals surface area (Å²) in [6.45, 7) is 13.6. The minimum Gasteiger partial charge on any atom is -0.462 e. The molecule has 1 aromatic rings. The lowest BCUT2D eigenvalue weighted by Gasteiger charge is -2.22. The van der Waals surface area contributed by atoms with Crippen LogP contribution in [0.15, 0.2) is 12.1 Å². The van der Waals surface area contributed by atoms with Crippen molar-refractivity contribution in [3.05, 3.63) is 34.4 Å². The molecule has 0 saturated carbocycles. The fourth-order valence-electron chi connectivity index (χ4n) is 4.24. The quantitative estimate of drug-likeness (QED) is 0.305.